The molecule has 1 rings (SSSR count). The standard InChI is InChI=1S/C11H17N3O3/c1-14(6-3-5-12)8-10(15)13-11(16)9-4-2-7-17-9/h2,4,7H,3,5-6,8,12H2,1H3,(H,13,15,16). The van der Waals surface area contributed by atoms with E-state index in [4.69, 9.17) is 10.2 Å². The third-order valence-corrected chi connectivity index (χ3v) is 2.16. The summed E-state index contributed by atoms with van der Waals surface area (Å²) in [4.78, 5) is 24.7. The predicted molar refractivity (Wildman–Crippen MR) is 62.3 cm³/mol. The van der Waals surface area contributed by atoms with E-state index in [2.05, 4.69) is 5.32 Å². The third kappa shape index (κ3) is 4.80. The second kappa shape index (κ2) is 6.82. The zero-order valence-electron chi connectivity index (χ0n) is 9.81. The summed E-state index contributed by atoms with van der Waals surface area (Å²) in [6.45, 7) is 1.46. The van der Waals surface area contributed by atoms with Gasteiger partial charge in [0.15, 0.2) is 5.76 Å². The normalized spacial score (nSPS) is 10.5. The number of carbonyl (C=O) groups is 2. The Bertz CT molecular complexity index is 362. The lowest BCUT2D eigenvalue weighted by molar-refractivity contribution is -0.121. The highest BCUT2D eigenvalue weighted by Crippen LogP contribution is 1.98. The molecule has 6 heteroatoms. The molecule has 1 aromatic heterocycles. The summed E-state index contributed by atoms with van der Waals surface area (Å²) in [5.41, 5.74) is 5.36. The number of nitrogens with two attached hydrogens (primary N) is 1. The van der Waals surface area contributed by atoms with Crippen molar-refractivity contribution in [2.75, 3.05) is 26.7 Å². The Balaban J connectivity index is 2.32. The molecule has 94 valence electrons. The maximum Gasteiger partial charge on any atom is 0.293 e. The smallest absolute Gasteiger partial charge is 0.293 e. The topological polar surface area (TPSA) is 88.6 Å². The van der Waals surface area contributed by atoms with E-state index in [9.17, 15) is 9.59 Å². The molecule has 1 heterocycles. The van der Waals surface area contributed by atoms with Gasteiger partial charge >= 0.3 is 0 Å². The van der Waals surface area contributed by atoms with Crippen LogP contribution >= 0.6 is 0 Å². The molecule has 0 bridgehead atoms. The van der Waals surface area contributed by atoms with Crippen LogP contribution in [-0.2, 0) is 4.79 Å². The van der Waals surface area contributed by atoms with E-state index in [0.717, 1.165) is 13.0 Å². The van der Waals surface area contributed by atoms with Crippen LogP contribution in [0, 0.1) is 0 Å². The van der Waals surface area contributed by atoms with Crippen LogP contribution in [0.2, 0.25) is 0 Å². The van der Waals surface area contributed by atoms with Crippen LogP contribution in [0.15, 0.2) is 22.8 Å². The number of likely N-dealkylation sites (N-methyl/N-ethyl adjacent to an activating group) is 1. The molecule has 0 radical (unpaired) electrons. The minimum absolute atomic E-state index is 0.128. The minimum Gasteiger partial charge on any atom is -0.459 e. The van der Waals surface area contributed by atoms with Crippen LogP contribution in [0.5, 0.6) is 0 Å². The van der Waals surface area contributed by atoms with Crippen molar-refractivity contribution in [3.8, 4) is 0 Å². The number of amides is 2. The van der Waals surface area contributed by atoms with Gasteiger partial charge in [-0.05, 0) is 38.7 Å². The van der Waals surface area contributed by atoms with Crippen LogP contribution in [0.25, 0.3) is 0 Å². The lowest BCUT2D eigenvalue weighted by Gasteiger charge is -2.14. The summed E-state index contributed by atoms with van der Waals surface area (Å²) >= 11 is 0. The monoisotopic (exact) mass is 239 g/mol. The van der Waals surface area contributed by atoms with E-state index in [-0.39, 0.29) is 18.2 Å². The number of rotatable bonds is 6. The lowest BCUT2D eigenvalue weighted by Crippen LogP contribution is -2.39. The van der Waals surface area contributed by atoms with Crippen molar-refractivity contribution in [1.82, 2.24) is 10.2 Å². The zero-order valence-corrected chi connectivity index (χ0v) is 9.81. The van der Waals surface area contributed by atoms with Crippen molar-refractivity contribution in [2.45, 2.75) is 6.42 Å². The molecule has 6 nitrogen and oxygen atoms in total. The Morgan fingerprint density at radius 2 is 2.29 bits per heavy atom. The van der Waals surface area contributed by atoms with Crippen LogP contribution in [0.1, 0.15) is 17.0 Å². The number of carbonyl (C=O) groups excluding carboxylic acids is 2. The average molecular weight is 239 g/mol. The van der Waals surface area contributed by atoms with Crippen molar-refractivity contribution in [1.29, 1.82) is 0 Å². The summed E-state index contributed by atoms with van der Waals surface area (Å²) in [6.07, 6.45) is 2.20. The highest BCUT2D eigenvalue weighted by Gasteiger charge is 2.13. The molecule has 17 heavy (non-hydrogen) atoms. The molecule has 0 aliphatic rings. The van der Waals surface area contributed by atoms with Crippen molar-refractivity contribution >= 4 is 11.8 Å². The number of imide groups is 1. The van der Waals surface area contributed by atoms with Crippen molar-refractivity contribution in [3.05, 3.63) is 24.2 Å². The Labute approximate surface area is 99.8 Å². The molecule has 2 amide bonds. The van der Waals surface area contributed by atoms with Gasteiger partial charge in [0.2, 0.25) is 5.91 Å². The van der Waals surface area contributed by atoms with Gasteiger partial charge in [0, 0.05) is 0 Å². The molecule has 1 aromatic rings. The molecule has 0 unspecified atom stereocenters. The molecule has 3 N–H and O–H groups in total. The Kier molecular flexibility index (Phi) is 5.38. The van der Waals surface area contributed by atoms with E-state index in [1.165, 1.54) is 12.3 Å². The van der Waals surface area contributed by atoms with Crippen molar-refractivity contribution in [2.24, 2.45) is 5.73 Å². The first-order valence-electron chi connectivity index (χ1n) is 5.39. The predicted octanol–water partition coefficient (Wildman–Crippen LogP) is -0.183. The van der Waals surface area contributed by atoms with Gasteiger partial charge < -0.3 is 10.2 Å². The number of hydrogen-bond donors (Lipinski definition) is 2. The van der Waals surface area contributed by atoms with Crippen LogP contribution in [0.4, 0.5) is 0 Å². The van der Waals surface area contributed by atoms with Gasteiger partial charge in [-0.15, -0.1) is 0 Å². The number of nitrogens with zero attached hydrogens (tertiary/aromatic N) is 1. The summed E-state index contributed by atoms with van der Waals surface area (Å²) < 4.78 is 4.87. The van der Waals surface area contributed by atoms with Crippen LogP contribution in [0.3, 0.4) is 0 Å². The first-order chi connectivity index (χ1) is 8.13. The quantitative estimate of drug-likeness (QED) is 0.718. The van der Waals surface area contributed by atoms with E-state index in [0.29, 0.717) is 6.54 Å². The van der Waals surface area contributed by atoms with Gasteiger partial charge in [0.1, 0.15) is 0 Å². The second-order valence-corrected chi connectivity index (χ2v) is 3.73. The fraction of sp³-hybridized carbons (Fsp3) is 0.455. The van der Waals surface area contributed by atoms with Gasteiger partial charge in [-0.2, -0.15) is 0 Å². The Morgan fingerprint density at radius 3 is 2.88 bits per heavy atom. The van der Waals surface area contributed by atoms with Crippen LogP contribution in [-0.4, -0.2) is 43.4 Å². The maximum absolute atomic E-state index is 11.5. The van der Waals surface area contributed by atoms with Crippen molar-refractivity contribution in [3.63, 3.8) is 0 Å². The summed E-state index contributed by atoms with van der Waals surface area (Å²) in [7, 11) is 1.80. The fourth-order valence-electron chi connectivity index (χ4n) is 1.32. The molecule has 0 aliphatic heterocycles. The van der Waals surface area contributed by atoms with Crippen LogP contribution < -0.4 is 11.1 Å². The maximum atomic E-state index is 11.5. The molecule has 0 fully saturated rings. The summed E-state index contributed by atoms with van der Waals surface area (Å²) in [5, 5.41) is 2.25. The Morgan fingerprint density at radius 1 is 1.53 bits per heavy atom. The summed E-state index contributed by atoms with van der Waals surface area (Å²) in [6, 6.07) is 3.09. The largest absolute Gasteiger partial charge is 0.459 e. The number of hydrogen-bond acceptors (Lipinski definition) is 5. The molecule has 0 spiro atoms. The average Bonchev–Trinajstić information content (AvgIpc) is 2.79. The molecule has 0 aromatic carbocycles. The summed E-state index contributed by atoms with van der Waals surface area (Å²) in [5.74, 6) is -0.749. The highest BCUT2D eigenvalue weighted by atomic mass is 16.3. The van der Waals surface area contributed by atoms with Gasteiger partial charge in [-0.3, -0.25) is 19.8 Å². The third-order valence-electron chi connectivity index (χ3n) is 2.16. The van der Waals surface area contributed by atoms with E-state index in [1.807, 2.05) is 0 Å². The van der Waals surface area contributed by atoms with E-state index >= 15 is 0 Å². The Hall–Kier alpha value is -1.66. The van der Waals surface area contributed by atoms with E-state index < -0.39 is 5.91 Å². The minimum atomic E-state index is -0.521. The second-order valence-electron chi connectivity index (χ2n) is 3.73. The molecule has 0 atom stereocenters. The first kappa shape index (κ1) is 13.4. The number of furan rings is 1. The van der Waals surface area contributed by atoms with Gasteiger partial charge in [-0.1, -0.05) is 0 Å². The molecular weight excluding hydrogens is 222 g/mol. The van der Waals surface area contributed by atoms with Crippen molar-refractivity contribution < 1.29 is 14.0 Å². The zero-order chi connectivity index (χ0) is 12.7. The van der Waals surface area contributed by atoms with E-state index in [1.54, 1.807) is 18.0 Å². The van der Waals surface area contributed by atoms with Gasteiger partial charge in [0.05, 0.1) is 12.8 Å². The molecular formula is C11H17N3O3. The molecule has 0 saturated carbocycles. The lowest BCUT2D eigenvalue weighted by atomic mass is 10.3. The fourth-order valence-corrected chi connectivity index (χ4v) is 1.32. The van der Waals surface area contributed by atoms with Gasteiger partial charge in [0.25, 0.3) is 5.91 Å². The first-order valence-corrected chi connectivity index (χ1v) is 5.39. The molecule has 0 saturated heterocycles. The highest BCUT2D eigenvalue weighted by molar-refractivity contribution is 6.03. The SMILES string of the molecule is CN(CCCN)CC(=O)NC(=O)c1ccco1. The molecule has 0 aliphatic carbocycles. The van der Waals surface area contributed by atoms with Gasteiger partial charge in [-0.25, -0.2) is 0 Å². The number of nitrogens with one attached hydrogen (secondary N) is 1.